The maximum atomic E-state index is 12.2. The quantitative estimate of drug-likeness (QED) is 0.636. The molecule has 1 unspecified atom stereocenters. The lowest BCUT2D eigenvalue weighted by atomic mass is 10.2. The lowest BCUT2D eigenvalue weighted by Crippen LogP contribution is -2.24. The molecule has 0 aliphatic rings. The molecule has 2 N–H and O–H groups in total. The Kier molecular flexibility index (Phi) is 6.23. The maximum absolute atomic E-state index is 12.2. The average Bonchev–Trinajstić information content (AvgIpc) is 3.23. The SMILES string of the molecule is CC(C(=O)Nc1ccc(NC(=O)COc2ccc(Cl)cc2)cc1)n1cncn1. The minimum Gasteiger partial charge on any atom is -0.484 e. The first-order chi connectivity index (χ1) is 13.5. The summed E-state index contributed by atoms with van der Waals surface area (Å²) in [5, 5.41) is 10.1. The highest BCUT2D eigenvalue weighted by Gasteiger charge is 2.15. The Bertz CT molecular complexity index is 927. The molecule has 1 aromatic heterocycles. The van der Waals surface area contributed by atoms with Crippen molar-refractivity contribution in [2.45, 2.75) is 13.0 Å². The molecule has 0 fully saturated rings. The third-order valence-corrected chi connectivity index (χ3v) is 4.08. The summed E-state index contributed by atoms with van der Waals surface area (Å²) in [5.41, 5.74) is 1.19. The second-order valence-electron chi connectivity index (χ2n) is 5.91. The molecule has 144 valence electrons. The van der Waals surface area contributed by atoms with E-state index in [1.807, 2.05) is 0 Å². The van der Waals surface area contributed by atoms with Gasteiger partial charge < -0.3 is 15.4 Å². The number of ether oxygens (including phenoxy) is 1. The Hall–Kier alpha value is -3.39. The van der Waals surface area contributed by atoms with Gasteiger partial charge in [-0.1, -0.05) is 11.6 Å². The van der Waals surface area contributed by atoms with E-state index in [9.17, 15) is 9.59 Å². The summed E-state index contributed by atoms with van der Waals surface area (Å²) in [5.74, 6) is 0.0318. The predicted octanol–water partition coefficient (Wildman–Crippen LogP) is 3.15. The van der Waals surface area contributed by atoms with Crippen LogP contribution < -0.4 is 15.4 Å². The Morgan fingerprint density at radius 1 is 1.07 bits per heavy atom. The van der Waals surface area contributed by atoms with Crippen LogP contribution in [0.3, 0.4) is 0 Å². The first-order valence-electron chi connectivity index (χ1n) is 8.44. The Morgan fingerprint density at radius 3 is 2.32 bits per heavy atom. The number of hydrogen-bond donors (Lipinski definition) is 2. The molecule has 28 heavy (non-hydrogen) atoms. The van der Waals surface area contributed by atoms with E-state index in [1.54, 1.807) is 55.5 Å². The zero-order chi connectivity index (χ0) is 19.9. The predicted molar refractivity (Wildman–Crippen MR) is 105 cm³/mol. The molecule has 0 bridgehead atoms. The van der Waals surface area contributed by atoms with E-state index >= 15 is 0 Å². The van der Waals surface area contributed by atoms with Crippen molar-refractivity contribution in [3.05, 3.63) is 66.2 Å². The molecular formula is C19H18ClN5O3. The Labute approximate surface area is 166 Å². The van der Waals surface area contributed by atoms with Crippen LogP contribution in [0.5, 0.6) is 5.75 Å². The van der Waals surface area contributed by atoms with E-state index in [2.05, 4.69) is 20.7 Å². The van der Waals surface area contributed by atoms with Crippen molar-refractivity contribution in [2.24, 2.45) is 0 Å². The van der Waals surface area contributed by atoms with Gasteiger partial charge in [-0.15, -0.1) is 0 Å². The maximum Gasteiger partial charge on any atom is 0.262 e. The molecule has 3 aromatic rings. The van der Waals surface area contributed by atoms with Crippen molar-refractivity contribution in [1.82, 2.24) is 14.8 Å². The topological polar surface area (TPSA) is 98.1 Å². The van der Waals surface area contributed by atoms with E-state index in [1.165, 1.54) is 17.3 Å². The van der Waals surface area contributed by atoms with Gasteiger partial charge in [0.15, 0.2) is 6.61 Å². The second-order valence-corrected chi connectivity index (χ2v) is 6.35. The van der Waals surface area contributed by atoms with E-state index in [-0.39, 0.29) is 18.4 Å². The number of halogens is 1. The highest BCUT2D eigenvalue weighted by molar-refractivity contribution is 6.30. The largest absolute Gasteiger partial charge is 0.484 e. The van der Waals surface area contributed by atoms with Crippen LogP contribution >= 0.6 is 11.6 Å². The summed E-state index contributed by atoms with van der Waals surface area (Å²) in [6.45, 7) is 1.59. The third-order valence-electron chi connectivity index (χ3n) is 3.83. The molecule has 2 amide bonds. The number of amides is 2. The Balaban J connectivity index is 1.49. The molecule has 9 heteroatoms. The number of nitrogens with one attached hydrogen (secondary N) is 2. The van der Waals surface area contributed by atoms with Gasteiger partial charge in [-0.05, 0) is 55.5 Å². The average molecular weight is 400 g/mol. The lowest BCUT2D eigenvalue weighted by Gasteiger charge is -2.12. The number of carbonyl (C=O) groups is 2. The molecule has 0 spiro atoms. The first kappa shape index (κ1) is 19.4. The van der Waals surface area contributed by atoms with Gasteiger partial charge in [0.25, 0.3) is 5.91 Å². The van der Waals surface area contributed by atoms with E-state index in [4.69, 9.17) is 16.3 Å². The van der Waals surface area contributed by atoms with Crippen LogP contribution in [-0.2, 0) is 9.59 Å². The summed E-state index contributed by atoms with van der Waals surface area (Å²) in [7, 11) is 0. The molecule has 1 heterocycles. The van der Waals surface area contributed by atoms with Crippen LogP contribution in [0.2, 0.25) is 5.02 Å². The number of aromatic nitrogens is 3. The fraction of sp³-hybridized carbons (Fsp3) is 0.158. The molecule has 3 rings (SSSR count). The van der Waals surface area contributed by atoms with Gasteiger partial charge in [-0.3, -0.25) is 9.59 Å². The molecule has 0 saturated carbocycles. The lowest BCUT2D eigenvalue weighted by molar-refractivity contribution is -0.119. The number of hydrogen-bond acceptors (Lipinski definition) is 5. The highest BCUT2D eigenvalue weighted by Crippen LogP contribution is 2.17. The van der Waals surface area contributed by atoms with Gasteiger partial charge >= 0.3 is 0 Å². The standard InChI is InChI=1S/C19H18ClN5O3/c1-13(25-12-21-11-22-25)19(27)24-16-6-4-15(5-7-16)23-18(26)10-28-17-8-2-14(20)3-9-17/h2-9,11-13H,10H2,1H3,(H,23,26)(H,24,27). The van der Waals surface area contributed by atoms with Crippen LogP contribution in [0.4, 0.5) is 11.4 Å². The summed E-state index contributed by atoms with van der Waals surface area (Å²) in [4.78, 5) is 28.0. The fourth-order valence-corrected chi connectivity index (χ4v) is 2.42. The third kappa shape index (κ3) is 5.31. The van der Waals surface area contributed by atoms with Crippen LogP contribution in [0.25, 0.3) is 0 Å². The van der Waals surface area contributed by atoms with Crippen LogP contribution in [0, 0.1) is 0 Å². The number of rotatable bonds is 7. The number of nitrogens with zero attached hydrogens (tertiary/aromatic N) is 3. The van der Waals surface area contributed by atoms with Crippen molar-refractivity contribution < 1.29 is 14.3 Å². The number of carbonyl (C=O) groups excluding carboxylic acids is 2. The van der Waals surface area contributed by atoms with Gasteiger partial charge in [0, 0.05) is 16.4 Å². The number of benzene rings is 2. The zero-order valence-corrected chi connectivity index (χ0v) is 15.8. The molecule has 8 nitrogen and oxygen atoms in total. The van der Waals surface area contributed by atoms with Crippen LogP contribution in [0.1, 0.15) is 13.0 Å². The minimum absolute atomic E-state index is 0.129. The molecule has 0 radical (unpaired) electrons. The normalized spacial score (nSPS) is 11.5. The summed E-state index contributed by atoms with van der Waals surface area (Å²) in [6, 6.07) is 13.0. The Morgan fingerprint density at radius 2 is 1.71 bits per heavy atom. The van der Waals surface area contributed by atoms with E-state index in [0.717, 1.165) is 0 Å². The highest BCUT2D eigenvalue weighted by atomic mass is 35.5. The number of anilines is 2. The van der Waals surface area contributed by atoms with Crippen molar-refractivity contribution >= 4 is 34.8 Å². The molecular weight excluding hydrogens is 382 g/mol. The van der Waals surface area contributed by atoms with Gasteiger partial charge in [0.1, 0.15) is 24.4 Å². The first-order valence-corrected chi connectivity index (χ1v) is 8.82. The van der Waals surface area contributed by atoms with Crippen molar-refractivity contribution in [3.63, 3.8) is 0 Å². The van der Waals surface area contributed by atoms with Gasteiger partial charge in [0.05, 0.1) is 0 Å². The summed E-state index contributed by atoms with van der Waals surface area (Å²) in [6.07, 6.45) is 2.85. The van der Waals surface area contributed by atoms with Gasteiger partial charge in [0.2, 0.25) is 5.91 Å². The monoisotopic (exact) mass is 399 g/mol. The smallest absolute Gasteiger partial charge is 0.262 e. The molecule has 0 aliphatic carbocycles. The van der Waals surface area contributed by atoms with Crippen LogP contribution in [0.15, 0.2) is 61.2 Å². The van der Waals surface area contributed by atoms with Gasteiger partial charge in [-0.2, -0.15) is 5.10 Å². The molecule has 2 aromatic carbocycles. The summed E-state index contributed by atoms with van der Waals surface area (Å²) < 4.78 is 6.85. The molecule has 1 atom stereocenters. The van der Waals surface area contributed by atoms with E-state index < -0.39 is 6.04 Å². The van der Waals surface area contributed by atoms with Crippen molar-refractivity contribution in [3.8, 4) is 5.75 Å². The fourth-order valence-electron chi connectivity index (χ4n) is 2.30. The van der Waals surface area contributed by atoms with E-state index in [0.29, 0.717) is 22.1 Å². The zero-order valence-electron chi connectivity index (χ0n) is 15.0. The second kappa shape index (κ2) is 9.01. The summed E-state index contributed by atoms with van der Waals surface area (Å²) >= 11 is 5.80. The van der Waals surface area contributed by atoms with Crippen molar-refractivity contribution in [2.75, 3.05) is 17.2 Å². The van der Waals surface area contributed by atoms with Crippen LogP contribution in [-0.4, -0.2) is 33.2 Å². The van der Waals surface area contributed by atoms with Crippen molar-refractivity contribution in [1.29, 1.82) is 0 Å². The molecule has 0 saturated heterocycles. The minimum atomic E-state index is -0.494. The molecule has 0 aliphatic heterocycles. The van der Waals surface area contributed by atoms with Gasteiger partial charge in [-0.25, -0.2) is 9.67 Å².